The van der Waals surface area contributed by atoms with Crippen LogP contribution >= 0.6 is 23.1 Å². The zero-order valence-electron chi connectivity index (χ0n) is 12.0. The molecule has 0 saturated heterocycles. The van der Waals surface area contributed by atoms with Gasteiger partial charge >= 0.3 is 5.97 Å². The second-order valence-electron chi connectivity index (χ2n) is 5.29. The molecule has 0 unspecified atom stereocenters. The predicted octanol–water partition coefficient (Wildman–Crippen LogP) is 1.49. The first-order valence-corrected chi connectivity index (χ1v) is 8.18. The highest BCUT2D eigenvalue weighted by molar-refractivity contribution is 7.99. The minimum absolute atomic E-state index is 0.116. The van der Waals surface area contributed by atoms with Crippen molar-refractivity contribution in [2.24, 2.45) is 5.73 Å². The van der Waals surface area contributed by atoms with Crippen molar-refractivity contribution in [1.82, 2.24) is 9.38 Å². The summed E-state index contributed by atoms with van der Waals surface area (Å²) in [6.45, 7) is 5.41. The summed E-state index contributed by atoms with van der Waals surface area (Å²) in [7, 11) is 0. The number of fused-ring (bicyclic) bond motifs is 1. The van der Waals surface area contributed by atoms with Crippen LogP contribution in [0.4, 0.5) is 0 Å². The Balaban J connectivity index is 2.21. The van der Waals surface area contributed by atoms with Crippen molar-refractivity contribution >= 4 is 34.0 Å². The fourth-order valence-corrected chi connectivity index (χ4v) is 3.66. The highest BCUT2D eigenvalue weighted by atomic mass is 32.2. The number of carboxylic acids is 1. The van der Waals surface area contributed by atoms with Crippen molar-refractivity contribution in [2.45, 2.75) is 37.3 Å². The SMILES string of the molecule is Cc1csc2nc(CSC(C)(C)[C@H](N)C(=O)O)cc(=O)n12. The molecule has 2 rings (SSSR count). The van der Waals surface area contributed by atoms with E-state index in [4.69, 9.17) is 10.8 Å². The fourth-order valence-electron chi connectivity index (χ4n) is 1.82. The van der Waals surface area contributed by atoms with E-state index in [0.29, 0.717) is 16.4 Å². The number of thioether (sulfide) groups is 1. The molecule has 2 heterocycles. The number of aromatic nitrogens is 2. The number of aliphatic carboxylic acids is 1. The zero-order chi connectivity index (χ0) is 15.8. The summed E-state index contributed by atoms with van der Waals surface area (Å²) < 4.78 is 0.914. The summed E-state index contributed by atoms with van der Waals surface area (Å²) in [6.07, 6.45) is 0. The Hall–Kier alpha value is -1.38. The van der Waals surface area contributed by atoms with Crippen LogP contribution in [0, 0.1) is 6.92 Å². The third-order valence-electron chi connectivity index (χ3n) is 3.24. The molecule has 0 aliphatic heterocycles. The molecule has 1 atom stereocenters. The van der Waals surface area contributed by atoms with Gasteiger partial charge < -0.3 is 10.8 Å². The average Bonchev–Trinajstić information content (AvgIpc) is 2.77. The molecular formula is C13H17N3O3S2. The molecule has 0 fully saturated rings. The second-order valence-corrected chi connectivity index (χ2v) is 7.75. The van der Waals surface area contributed by atoms with Crippen LogP contribution in [0.3, 0.4) is 0 Å². The third kappa shape index (κ3) is 3.28. The summed E-state index contributed by atoms with van der Waals surface area (Å²) in [5.74, 6) is -0.596. The summed E-state index contributed by atoms with van der Waals surface area (Å²) in [5, 5.41) is 10.9. The molecule has 0 spiro atoms. The number of rotatable bonds is 5. The Labute approximate surface area is 130 Å². The van der Waals surface area contributed by atoms with Crippen molar-refractivity contribution in [1.29, 1.82) is 0 Å². The van der Waals surface area contributed by atoms with Gasteiger partial charge in [0.2, 0.25) is 0 Å². The quantitative estimate of drug-likeness (QED) is 0.863. The van der Waals surface area contributed by atoms with Gasteiger partial charge in [0.1, 0.15) is 6.04 Å². The van der Waals surface area contributed by atoms with Crippen LogP contribution < -0.4 is 11.3 Å². The maximum absolute atomic E-state index is 12.0. The van der Waals surface area contributed by atoms with E-state index in [1.54, 1.807) is 18.2 Å². The van der Waals surface area contributed by atoms with Gasteiger partial charge in [-0.2, -0.15) is 0 Å². The number of carboxylic acid groups (broad SMARTS) is 1. The lowest BCUT2D eigenvalue weighted by molar-refractivity contribution is -0.139. The predicted molar refractivity (Wildman–Crippen MR) is 85.1 cm³/mol. The Morgan fingerprint density at radius 3 is 2.90 bits per heavy atom. The molecule has 0 aliphatic carbocycles. The summed E-state index contributed by atoms with van der Waals surface area (Å²) in [4.78, 5) is 28.1. The van der Waals surface area contributed by atoms with Gasteiger partial charge in [-0.25, -0.2) is 4.98 Å². The van der Waals surface area contributed by atoms with Gasteiger partial charge in [0.05, 0.1) is 5.69 Å². The molecule has 0 bridgehead atoms. The van der Waals surface area contributed by atoms with E-state index in [-0.39, 0.29) is 5.56 Å². The average molecular weight is 327 g/mol. The lowest BCUT2D eigenvalue weighted by Gasteiger charge is -2.27. The van der Waals surface area contributed by atoms with Crippen molar-refractivity contribution in [3.05, 3.63) is 33.2 Å². The molecule has 0 saturated carbocycles. The fraction of sp³-hybridized carbons (Fsp3) is 0.462. The Morgan fingerprint density at radius 2 is 2.29 bits per heavy atom. The zero-order valence-corrected chi connectivity index (χ0v) is 13.6. The van der Waals surface area contributed by atoms with Gasteiger partial charge in [0.15, 0.2) is 4.96 Å². The van der Waals surface area contributed by atoms with Crippen LogP contribution in [0.1, 0.15) is 25.2 Å². The van der Waals surface area contributed by atoms with Gasteiger partial charge in [0, 0.05) is 27.6 Å². The molecule has 21 heavy (non-hydrogen) atoms. The van der Waals surface area contributed by atoms with Crippen molar-refractivity contribution < 1.29 is 9.90 Å². The first-order valence-electron chi connectivity index (χ1n) is 6.31. The van der Waals surface area contributed by atoms with Gasteiger partial charge in [-0.05, 0) is 20.8 Å². The second kappa shape index (κ2) is 5.78. The summed E-state index contributed by atoms with van der Waals surface area (Å²) >= 11 is 2.79. The molecule has 0 aliphatic rings. The number of nitrogens with two attached hydrogens (primary N) is 1. The maximum Gasteiger partial charge on any atom is 0.321 e. The van der Waals surface area contributed by atoms with Crippen molar-refractivity contribution in [3.63, 3.8) is 0 Å². The van der Waals surface area contributed by atoms with Crippen LogP contribution in [0.2, 0.25) is 0 Å². The van der Waals surface area contributed by atoms with E-state index >= 15 is 0 Å². The van der Waals surface area contributed by atoms with Crippen LogP contribution in [-0.2, 0) is 10.5 Å². The maximum atomic E-state index is 12.0. The molecular weight excluding hydrogens is 310 g/mol. The van der Waals surface area contributed by atoms with E-state index in [1.807, 2.05) is 12.3 Å². The van der Waals surface area contributed by atoms with E-state index < -0.39 is 16.8 Å². The molecule has 3 N–H and O–H groups in total. The number of carbonyl (C=O) groups is 1. The lowest BCUT2D eigenvalue weighted by Crippen LogP contribution is -2.46. The topological polar surface area (TPSA) is 97.7 Å². The Morgan fingerprint density at radius 1 is 1.62 bits per heavy atom. The smallest absolute Gasteiger partial charge is 0.321 e. The highest BCUT2D eigenvalue weighted by Crippen LogP contribution is 2.30. The summed E-state index contributed by atoms with van der Waals surface area (Å²) in [5.41, 5.74) is 7.06. The Kier molecular flexibility index (Phi) is 4.40. The van der Waals surface area contributed by atoms with E-state index in [0.717, 1.165) is 5.69 Å². The third-order valence-corrected chi connectivity index (χ3v) is 5.62. The minimum atomic E-state index is -1.04. The standard InChI is InChI=1S/C13H17N3O3S2/c1-7-5-20-12-15-8(4-9(17)16(7)12)6-21-13(2,3)10(14)11(18)19/h4-5,10H,6,14H2,1-3H3,(H,18,19)/t10-/m1/s1. The molecule has 2 aromatic heterocycles. The van der Waals surface area contributed by atoms with Gasteiger partial charge in [-0.3, -0.25) is 14.0 Å². The lowest BCUT2D eigenvalue weighted by atomic mass is 10.1. The van der Waals surface area contributed by atoms with E-state index in [9.17, 15) is 9.59 Å². The van der Waals surface area contributed by atoms with Crippen molar-refractivity contribution in [3.8, 4) is 0 Å². The van der Waals surface area contributed by atoms with Crippen LogP contribution in [0.25, 0.3) is 4.96 Å². The number of nitrogens with zero attached hydrogens (tertiary/aromatic N) is 2. The van der Waals surface area contributed by atoms with E-state index in [1.165, 1.54) is 29.2 Å². The number of thiazole rings is 1. The molecule has 114 valence electrons. The number of aryl methyl sites for hydroxylation is 1. The monoisotopic (exact) mass is 327 g/mol. The molecule has 0 aromatic carbocycles. The van der Waals surface area contributed by atoms with Gasteiger partial charge in [0.25, 0.3) is 5.56 Å². The summed E-state index contributed by atoms with van der Waals surface area (Å²) in [6, 6.07) is 0.513. The molecule has 0 amide bonds. The molecule has 0 radical (unpaired) electrons. The Bertz CT molecular complexity index is 736. The molecule has 6 nitrogen and oxygen atoms in total. The highest BCUT2D eigenvalue weighted by Gasteiger charge is 2.32. The van der Waals surface area contributed by atoms with Gasteiger partial charge in [-0.15, -0.1) is 23.1 Å². The van der Waals surface area contributed by atoms with Crippen LogP contribution in [-0.4, -0.2) is 31.2 Å². The largest absolute Gasteiger partial charge is 0.480 e. The number of hydrogen-bond acceptors (Lipinski definition) is 6. The first kappa shape index (κ1) is 16.0. The normalized spacial score (nSPS) is 13.5. The minimum Gasteiger partial charge on any atom is -0.480 e. The van der Waals surface area contributed by atoms with Gasteiger partial charge in [-0.1, -0.05) is 0 Å². The molecule has 2 aromatic rings. The van der Waals surface area contributed by atoms with Crippen molar-refractivity contribution in [2.75, 3.05) is 0 Å². The van der Waals surface area contributed by atoms with Crippen LogP contribution in [0.15, 0.2) is 16.2 Å². The van der Waals surface area contributed by atoms with E-state index in [2.05, 4.69) is 4.98 Å². The van der Waals surface area contributed by atoms with Crippen LogP contribution in [0.5, 0.6) is 0 Å². The molecule has 8 heteroatoms. The first-order chi connectivity index (χ1) is 9.72. The number of hydrogen-bond donors (Lipinski definition) is 2.